The lowest BCUT2D eigenvalue weighted by molar-refractivity contribution is -0.128. The van der Waals surface area contributed by atoms with E-state index in [4.69, 9.17) is 5.73 Å². The van der Waals surface area contributed by atoms with Crippen LogP contribution in [0.1, 0.15) is 31.7 Å². The summed E-state index contributed by atoms with van der Waals surface area (Å²) in [7, 11) is 0. The number of halogens is 1. The molecule has 0 saturated heterocycles. The van der Waals surface area contributed by atoms with Gasteiger partial charge in [0, 0.05) is 4.47 Å². The zero-order chi connectivity index (χ0) is 11.8. The summed E-state index contributed by atoms with van der Waals surface area (Å²) in [5.74, 6) is 0.460. The van der Waals surface area contributed by atoms with E-state index in [-0.39, 0.29) is 5.91 Å². The summed E-state index contributed by atoms with van der Waals surface area (Å²) in [5.41, 5.74) is 6.22. The maximum absolute atomic E-state index is 11.7. The Kier molecular flexibility index (Phi) is 3.06. The van der Waals surface area contributed by atoms with Gasteiger partial charge in [-0.05, 0) is 36.5 Å². The Morgan fingerprint density at radius 2 is 2.25 bits per heavy atom. The molecule has 0 atom stereocenters. The van der Waals surface area contributed by atoms with E-state index in [0.717, 1.165) is 29.3 Å². The van der Waals surface area contributed by atoms with Crippen LogP contribution in [0.5, 0.6) is 0 Å². The van der Waals surface area contributed by atoms with Crippen LogP contribution >= 0.6 is 15.9 Å². The molecule has 0 bridgehead atoms. The second kappa shape index (κ2) is 4.21. The molecule has 0 spiro atoms. The summed E-state index contributed by atoms with van der Waals surface area (Å²) in [5, 5.41) is 0. The fraction of sp³-hybridized carbons (Fsp3) is 0.462. The molecule has 0 heterocycles. The molecule has 0 aromatic heterocycles. The minimum atomic E-state index is -0.412. The molecular weight excluding hydrogens is 266 g/mol. The van der Waals surface area contributed by atoms with Crippen molar-refractivity contribution in [2.24, 2.45) is 11.7 Å². The summed E-state index contributed by atoms with van der Waals surface area (Å²) < 4.78 is 1.01. The van der Waals surface area contributed by atoms with E-state index in [1.807, 2.05) is 24.3 Å². The van der Waals surface area contributed by atoms with Crippen LogP contribution in [-0.4, -0.2) is 5.91 Å². The van der Waals surface area contributed by atoms with Crippen molar-refractivity contribution in [3.05, 3.63) is 34.3 Å². The van der Waals surface area contributed by atoms with Gasteiger partial charge in [-0.15, -0.1) is 0 Å². The van der Waals surface area contributed by atoms with Crippen molar-refractivity contribution < 1.29 is 4.79 Å². The average molecular weight is 282 g/mol. The molecule has 1 saturated carbocycles. The first-order chi connectivity index (χ1) is 7.58. The number of nitrogens with two attached hydrogens (primary N) is 1. The van der Waals surface area contributed by atoms with Crippen LogP contribution in [0.25, 0.3) is 0 Å². The Morgan fingerprint density at radius 3 is 2.75 bits per heavy atom. The van der Waals surface area contributed by atoms with Crippen LogP contribution in [0.15, 0.2) is 28.7 Å². The molecule has 1 aromatic carbocycles. The van der Waals surface area contributed by atoms with Gasteiger partial charge in [0.05, 0.1) is 5.41 Å². The predicted molar refractivity (Wildman–Crippen MR) is 68.0 cm³/mol. The second-order valence-electron chi connectivity index (χ2n) is 4.64. The van der Waals surface area contributed by atoms with Crippen LogP contribution in [0.3, 0.4) is 0 Å². The van der Waals surface area contributed by atoms with E-state index < -0.39 is 5.41 Å². The van der Waals surface area contributed by atoms with Crippen LogP contribution in [0.4, 0.5) is 0 Å². The lowest BCUT2D eigenvalue weighted by Crippen LogP contribution is -2.51. The third-order valence-electron chi connectivity index (χ3n) is 3.70. The minimum Gasteiger partial charge on any atom is -0.369 e. The summed E-state index contributed by atoms with van der Waals surface area (Å²) in [6, 6.07) is 7.94. The highest BCUT2D eigenvalue weighted by atomic mass is 79.9. The molecule has 2 nitrogen and oxygen atoms in total. The molecule has 86 valence electrons. The van der Waals surface area contributed by atoms with Gasteiger partial charge < -0.3 is 5.73 Å². The zero-order valence-electron chi connectivity index (χ0n) is 9.37. The molecule has 16 heavy (non-hydrogen) atoms. The van der Waals surface area contributed by atoms with Gasteiger partial charge in [-0.25, -0.2) is 0 Å². The predicted octanol–water partition coefficient (Wildman–Crippen LogP) is 2.99. The molecular formula is C13H16BrNO. The second-order valence-corrected chi connectivity index (χ2v) is 5.55. The van der Waals surface area contributed by atoms with Crippen molar-refractivity contribution in [1.29, 1.82) is 0 Å². The maximum atomic E-state index is 11.7. The van der Waals surface area contributed by atoms with Gasteiger partial charge in [0.2, 0.25) is 5.91 Å². The molecule has 1 fully saturated rings. The minimum absolute atomic E-state index is 0.185. The number of rotatable bonds is 3. The lowest BCUT2D eigenvalue weighted by Gasteiger charge is -2.45. The molecule has 1 aliphatic carbocycles. The quantitative estimate of drug-likeness (QED) is 0.910. The fourth-order valence-corrected chi connectivity index (χ4v) is 2.98. The summed E-state index contributed by atoms with van der Waals surface area (Å²) >= 11 is 3.44. The first kappa shape index (κ1) is 11.6. The highest BCUT2D eigenvalue weighted by molar-refractivity contribution is 9.10. The normalized spacial score (nSPS) is 28.5. The number of benzene rings is 1. The number of hydrogen-bond donors (Lipinski definition) is 1. The molecule has 1 aromatic rings. The first-order valence-electron chi connectivity index (χ1n) is 5.64. The number of carbonyl (C=O) groups is 1. The molecule has 2 N–H and O–H groups in total. The molecule has 0 radical (unpaired) electrons. The Morgan fingerprint density at radius 1 is 1.56 bits per heavy atom. The van der Waals surface area contributed by atoms with Crippen molar-refractivity contribution in [3.8, 4) is 0 Å². The molecule has 2 rings (SSSR count). The van der Waals surface area contributed by atoms with Crippen LogP contribution in [-0.2, 0) is 10.2 Å². The third kappa shape index (κ3) is 1.77. The van der Waals surface area contributed by atoms with Gasteiger partial charge in [0.25, 0.3) is 0 Å². The Balaban J connectivity index is 2.32. The van der Waals surface area contributed by atoms with E-state index in [9.17, 15) is 4.79 Å². The van der Waals surface area contributed by atoms with Crippen molar-refractivity contribution in [3.63, 3.8) is 0 Å². The number of hydrogen-bond acceptors (Lipinski definition) is 1. The summed E-state index contributed by atoms with van der Waals surface area (Å²) in [6.45, 7) is 2.16. The topological polar surface area (TPSA) is 43.1 Å². The largest absolute Gasteiger partial charge is 0.369 e. The van der Waals surface area contributed by atoms with E-state index in [2.05, 4.69) is 22.9 Å². The van der Waals surface area contributed by atoms with E-state index in [0.29, 0.717) is 5.92 Å². The third-order valence-corrected chi connectivity index (χ3v) is 4.19. The SMILES string of the molecule is CCC1CC(C(N)=O)(c2cccc(Br)c2)C1. The monoisotopic (exact) mass is 281 g/mol. The Bertz CT molecular complexity index is 410. The van der Waals surface area contributed by atoms with Crippen molar-refractivity contribution in [2.45, 2.75) is 31.6 Å². The number of carbonyl (C=O) groups excluding carboxylic acids is 1. The Hall–Kier alpha value is -0.830. The van der Waals surface area contributed by atoms with Gasteiger partial charge in [-0.1, -0.05) is 41.4 Å². The maximum Gasteiger partial charge on any atom is 0.228 e. The number of amides is 1. The van der Waals surface area contributed by atoms with Crippen molar-refractivity contribution in [1.82, 2.24) is 0 Å². The molecule has 1 amide bonds. The van der Waals surface area contributed by atoms with Crippen molar-refractivity contribution in [2.75, 3.05) is 0 Å². The van der Waals surface area contributed by atoms with E-state index >= 15 is 0 Å². The zero-order valence-corrected chi connectivity index (χ0v) is 11.0. The van der Waals surface area contributed by atoms with Crippen LogP contribution in [0.2, 0.25) is 0 Å². The highest BCUT2D eigenvalue weighted by Gasteiger charge is 2.49. The smallest absolute Gasteiger partial charge is 0.228 e. The molecule has 1 aliphatic rings. The van der Waals surface area contributed by atoms with Crippen molar-refractivity contribution >= 4 is 21.8 Å². The molecule has 3 heteroatoms. The summed E-state index contributed by atoms with van der Waals surface area (Å²) in [4.78, 5) is 11.7. The first-order valence-corrected chi connectivity index (χ1v) is 6.44. The van der Waals surface area contributed by atoms with Gasteiger partial charge in [0.15, 0.2) is 0 Å². The van der Waals surface area contributed by atoms with Gasteiger partial charge in [0.1, 0.15) is 0 Å². The Labute approximate surface area is 104 Å². The van der Waals surface area contributed by atoms with E-state index in [1.54, 1.807) is 0 Å². The van der Waals surface area contributed by atoms with Gasteiger partial charge >= 0.3 is 0 Å². The lowest BCUT2D eigenvalue weighted by atomic mass is 9.57. The molecule has 0 aliphatic heterocycles. The fourth-order valence-electron chi connectivity index (χ4n) is 2.58. The van der Waals surface area contributed by atoms with E-state index in [1.165, 1.54) is 0 Å². The van der Waals surface area contributed by atoms with Gasteiger partial charge in [-0.3, -0.25) is 4.79 Å². The molecule has 0 unspecified atom stereocenters. The number of primary amides is 1. The summed E-state index contributed by atoms with van der Waals surface area (Å²) in [6.07, 6.45) is 2.92. The van der Waals surface area contributed by atoms with Crippen LogP contribution < -0.4 is 5.73 Å². The average Bonchev–Trinajstić information content (AvgIpc) is 2.16. The van der Waals surface area contributed by atoms with Gasteiger partial charge in [-0.2, -0.15) is 0 Å². The van der Waals surface area contributed by atoms with Crippen LogP contribution in [0, 0.1) is 5.92 Å². The standard InChI is InChI=1S/C13H16BrNO/c1-2-9-7-13(8-9,12(15)16)10-4-3-5-11(14)6-10/h3-6,9H,2,7-8H2,1H3,(H2,15,16). The highest BCUT2D eigenvalue weighted by Crippen LogP contribution is 2.49.